The SMILES string of the molecule is N#Cc1cc(Cl)cc(Oc2c(C(F)(F)F)ncn(CC3=CC(C#N)C(=O)N=N3)c2=O)c1. The van der Waals surface area contributed by atoms with E-state index >= 15 is 0 Å². The highest BCUT2D eigenvalue weighted by Crippen LogP contribution is 2.35. The Morgan fingerprint density at radius 2 is 1.94 bits per heavy atom. The van der Waals surface area contributed by atoms with Crippen molar-refractivity contribution in [1.29, 1.82) is 10.5 Å². The molecule has 0 saturated heterocycles. The zero-order chi connectivity index (χ0) is 22.8. The molecule has 1 aliphatic heterocycles. The zero-order valence-corrected chi connectivity index (χ0v) is 15.8. The van der Waals surface area contributed by atoms with Crippen LogP contribution in [0.1, 0.15) is 11.3 Å². The number of carbonyl (C=O) groups is 1. The van der Waals surface area contributed by atoms with Crippen LogP contribution in [-0.2, 0) is 17.5 Å². The van der Waals surface area contributed by atoms with Crippen molar-refractivity contribution in [1.82, 2.24) is 9.55 Å². The summed E-state index contributed by atoms with van der Waals surface area (Å²) < 4.78 is 46.1. The minimum Gasteiger partial charge on any atom is -0.449 e. The van der Waals surface area contributed by atoms with Crippen molar-refractivity contribution in [2.75, 3.05) is 0 Å². The molecular weight excluding hydrogens is 441 g/mol. The van der Waals surface area contributed by atoms with E-state index in [1.54, 1.807) is 12.1 Å². The number of benzene rings is 1. The van der Waals surface area contributed by atoms with E-state index < -0.39 is 41.5 Å². The fourth-order valence-corrected chi connectivity index (χ4v) is 2.73. The summed E-state index contributed by atoms with van der Waals surface area (Å²) in [5.74, 6) is -3.46. The summed E-state index contributed by atoms with van der Waals surface area (Å²) in [5.41, 5.74) is -2.81. The Kier molecular flexibility index (Phi) is 5.86. The van der Waals surface area contributed by atoms with Crippen LogP contribution in [0.3, 0.4) is 0 Å². The molecule has 0 fully saturated rings. The third kappa shape index (κ3) is 4.76. The van der Waals surface area contributed by atoms with Crippen molar-refractivity contribution in [2.24, 2.45) is 16.1 Å². The maximum Gasteiger partial charge on any atom is 0.437 e. The molecule has 0 bridgehead atoms. The Morgan fingerprint density at radius 1 is 1.19 bits per heavy atom. The van der Waals surface area contributed by atoms with Crippen LogP contribution in [0.5, 0.6) is 11.5 Å². The van der Waals surface area contributed by atoms with Gasteiger partial charge in [-0.05, 0) is 24.3 Å². The number of allylic oxidation sites excluding steroid dienone is 1. The van der Waals surface area contributed by atoms with Gasteiger partial charge in [-0.3, -0.25) is 14.2 Å². The third-order valence-electron chi connectivity index (χ3n) is 3.86. The number of azo groups is 1. The van der Waals surface area contributed by atoms with Gasteiger partial charge in [-0.15, -0.1) is 5.11 Å². The van der Waals surface area contributed by atoms with E-state index in [1.165, 1.54) is 6.07 Å². The second-order valence-electron chi connectivity index (χ2n) is 6.05. The summed E-state index contributed by atoms with van der Waals surface area (Å²) in [7, 11) is 0. The third-order valence-corrected chi connectivity index (χ3v) is 4.08. The fraction of sp³-hybridized carbons (Fsp3) is 0.167. The summed E-state index contributed by atoms with van der Waals surface area (Å²) in [5, 5.41) is 24.7. The summed E-state index contributed by atoms with van der Waals surface area (Å²) >= 11 is 5.83. The molecule has 1 aromatic carbocycles. The largest absolute Gasteiger partial charge is 0.449 e. The second-order valence-corrected chi connectivity index (χ2v) is 6.48. The lowest BCUT2D eigenvalue weighted by molar-refractivity contribution is -0.142. The topological polar surface area (TPSA) is 133 Å². The van der Waals surface area contributed by atoms with Gasteiger partial charge in [-0.25, -0.2) is 4.98 Å². The molecule has 1 unspecified atom stereocenters. The van der Waals surface area contributed by atoms with Gasteiger partial charge < -0.3 is 4.74 Å². The number of nitrogens with zero attached hydrogens (tertiary/aromatic N) is 6. The van der Waals surface area contributed by atoms with Gasteiger partial charge in [0.1, 0.15) is 11.7 Å². The van der Waals surface area contributed by atoms with E-state index in [0.29, 0.717) is 6.33 Å². The zero-order valence-electron chi connectivity index (χ0n) is 15.1. The number of nitriles is 2. The fourth-order valence-electron chi connectivity index (χ4n) is 2.50. The quantitative estimate of drug-likeness (QED) is 0.701. The summed E-state index contributed by atoms with van der Waals surface area (Å²) in [6, 6.07) is 6.93. The highest BCUT2D eigenvalue weighted by molar-refractivity contribution is 6.30. The number of alkyl halides is 3. The van der Waals surface area contributed by atoms with Gasteiger partial charge in [-0.1, -0.05) is 11.6 Å². The van der Waals surface area contributed by atoms with Gasteiger partial charge in [0.2, 0.25) is 5.75 Å². The molecule has 2 heterocycles. The van der Waals surface area contributed by atoms with Gasteiger partial charge in [0.05, 0.1) is 36.3 Å². The molecule has 1 aliphatic rings. The van der Waals surface area contributed by atoms with Crippen LogP contribution in [0.25, 0.3) is 0 Å². The lowest BCUT2D eigenvalue weighted by atomic mass is 10.1. The molecule has 0 radical (unpaired) electrons. The minimum absolute atomic E-state index is 0.000240. The number of rotatable bonds is 4. The monoisotopic (exact) mass is 448 g/mol. The molecule has 1 atom stereocenters. The predicted octanol–water partition coefficient (Wildman–Crippen LogP) is 3.60. The first kappa shape index (κ1) is 21.7. The molecule has 1 amide bonds. The maximum atomic E-state index is 13.4. The molecule has 0 spiro atoms. The van der Waals surface area contributed by atoms with E-state index in [4.69, 9.17) is 26.9 Å². The molecule has 31 heavy (non-hydrogen) atoms. The first-order chi connectivity index (χ1) is 14.6. The van der Waals surface area contributed by atoms with Crippen molar-refractivity contribution in [3.63, 3.8) is 0 Å². The van der Waals surface area contributed by atoms with Crippen LogP contribution >= 0.6 is 11.6 Å². The van der Waals surface area contributed by atoms with Crippen LogP contribution in [0, 0.1) is 28.6 Å². The summed E-state index contributed by atoms with van der Waals surface area (Å²) in [4.78, 5) is 27.4. The van der Waals surface area contributed by atoms with Crippen LogP contribution in [-0.4, -0.2) is 15.5 Å². The first-order valence-corrected chi connectivity index (χ1v) is 8.61. The molecule has 2 aromatic rings. The Bertz CT molecular complexity index is 1270. The molecule has 9 nitrogen and oxygen atoms in total. The van der Waals surface area contributed by atoms with E-state index in [2.05, 4.69) is 15.2 Å². The Hall–Kier alpha value is -4.03. The van der Waals surface area contributed by atoms with Crippen molar-refractivity contribution in [2.45, 2.75) is 12.7 Å². The number of hydrogen-bond donors (Lipinski definition) is 0. The lowest BCUT2D eigenvalue weighted by Gasteiger charge is -2.15. The Labute approximate surface area is 176 Å². The predicted molar refractivity (Wildman–Crippen MR) is 96.8 cm³/mol. The molecule has 1 aromatic heterocycles. The van der Waals surface area contributed by atoms with Gasteiger partial charge in [0, 0.05) is 5.02 Å². The number of halogens is 4. The van der Waals surface area contributed by atoms with E-state index in [9.17, 15) is 22.8 Å². The van der Waals surface area contributed by atoms with Gasteiger partial charge in [0.15, 0.2) is 5.69 Å². The molecule has 0 N–H and O–H groups in total. The average molecular weight is 449 g/mol. The highest BCUT2D eigenvalue weighted by Gasteiger charge is 2.39. The van der Waals surface area contributed by atoms with E-state index in [0.717, 1.165) is 22.8 Å². The van der Waals surface area contributed by atoms with Crippen LogP contribution in [0.15, 0.2) is 51.3 Å². The van der Waals surface area contributed by atoms with Crippen LogP contribution in [0.2, 0.25) is 5.02 Å². The van der Waals surface area contributed by atoms with Crippen molar-refractivity contribution in [3.05, 3.63) is 62.9 Å². The number of hydrogen-bond acceptors (Lipinski definition) is 7. The standard InChI is InChI=1S/C18H8ClF3N6O3/c19-11-1-9(5-23)2-13(4-11)31-14-15(18(20,21)22)25-8-28(17(14)30)7-12-3-10(6-24)16(29)27-26-12/h1-4,8,10H,7H2. The molecule has 3 rings (SSSR count). The molecule has 0 aliphatic carbocycles. The number of amides is 1. The summed E-state index contributed by atoms with van der Waals surface area (Å²) in [6.45, 7) is -0.422. The Balaban J connectivity index is 2.06. The van der Waals surface area contributed by atoms with E-state index in [1.807, 2.05) is 0 Å². The van der Waals surface area contributed by atoms with Gasteiger partial charge in [-0.2, -0.15) is 28.8 Å². The highest BCUT2D eigenvalue weighted by atomic mass is 35.5. The first-order valence-electron chi connectivity index (χ1n) is 8.23. The maximum absolute atomic E-state index is 13.4. The van der Waals surface area contributed by atoms with E-state index in [-0.39, 0.29) is 22.0 Å². The van der Waals surface area contributed by atoms with Crippen molar-refractivity contribution >= 4 is 17.5 Å². The van der Waals surface area contributed by atoms with Crippen LogP contribution in [0.4, 0.5) is 13.2 Å². The lowest BCUT2D eigenvalue weighted by Crippen LogP contribution is -2.27. The van der Waals surface area contributed by atoms with Gasteiger partial charge in [0.25, 0.3) is 11.5 Å². The number of aromatic nitrogens is 2. The minimum atomic E-state index is -5.02. The molecular formula is C18H8ClF3N6O3. The number of carbonyl (C=O) groups excluding carboxylic acids is 1. The summed E-state index contributed by atoms with van der Waals surface area (Å²) in [6.07, 6.45) is -3.26. The molecule has 0 saturated carbocycles. The molecule has 13 heteroatoms. The Morgan fingerprint density at radius 3 is 2.58 bits per heavy atom. The smallest absolute Gasteiger partial charge is 0.437 e. The normalized spacial score (nSPS) is 15.7. The van der Waals surface area contributed by atoms with Gasteiger partial charge >= 0.3 is 6.18 Å². The second kappa shape index (κ2) is 8.38. The average Bonchev–Trinajstić information content (AvgIpc) is 2.70. The van der Waals surface area contributed by atoms with Crippen LogP contribution < -0.4 is 10.3 Å². The van der Waals surface area contributed by atoms with Crippen molar-refractivity contribution in [3.8, 4) is 23.6 Å². The van der Waals surface area contributed by atoms with Crippen molar-refractivity contribution < 1.29 is 22.7 Å². The molecule has 156 valence electrons. The number of ether oxygens (including phenoxy) is 1.